The van der Waals surface area contributed by atoms with Gasteiger partial charge in [-0.2, -0.15) is 4.98 Å². The molecule has 0 saturated carbocycles. The van der Waals surface area contributed by atoms with E-state index in [1.165, 1.54) is 19.2 Å². The summed E-state index contributed by atoms with van der Waals surface area (Å²) in [6.07, 6.45) is 0.749. The minimum atomic E-state index is -0.909. The van der Waals surface area contributed by atoms with Gasteiger partial charge in [-0.25, -0.2) is 13.8 Å². The molecule has 2 heterocycles. The van der Waals surface area contributed by atoms with Crippen molar-refractivity contribution in [2.45, 2.75) is 32.0 Å². The van der Waals surface area contributed by atoms with Crippen LogP contribution in [0.3, 0.4) is 0 Å². The number of ether oxygens (including phenoxy) is 1. The number of nitrogens with zero attached hydrogens (tertiary/aromatic N) is 3. The van der Waals surface area contributed by atoms with E-state index in [4.69, 9.17) is 9.84 Å². The molecule has 0 radical (unpaired) electrons. The van der Waals surface area contributed by atoms with Crippen molar-refractivity contribution < 1.29 is 28.8 Å². The molecule has 3 aromatic rings. The number of anilines is 1. The van der Waals surface area contributed by atoms with E-state index in [2.05, 4.69) is 15.3 Å². The molecular formula is C20H23ClF2N4O5. The monoisotopic (exact) mass is 472 g/mol. The van der Waals surface area contributed by atoms with Gasteiger partial charge in [-0.15, -0.1) is 12.4 Å². The lowest BCUT2D eigenvalue weighted by Gasteiger charge is -2.17. The summed E-state index contributed by atoms with van der Waals surface area (Å²) < 4.78 is 33.5. The van der Waals surface area contributed by atoms with Gasteiger partial charge in [0.05, 0.1) is 25.3 Å². The molecule has 2 atom stereocenters. The number of nitrogens with one attached hydrogen (secondary N) is 1. The minimum absolute atomic E-state index is 0. The molecule has 0 saturated heterocycles. The zero-order chi connectivity index (χ0) is 22.5. The van der Waals surface area contributed by atoms with Crippen molar-refractivity contribution in [3.8, 4) is 11.5 Å². The number of rotatable bonds is 9. The third-order valence-corrected chi connectivity index (χ3v) is 4.34. The highest BCUT2D eigenvalue weighted by molar-refractivity contribution is 5.85. The summed E-state index contributed by atoms with van der Waals surface area (Å²) >= 11 is 0. The van der Waals surface area contributed by atoms with Gasteiger partial charge in [0.15, 0.2) is 5.75 Å². The molecule has 12 heteroatoms. The van der Waals surface area contributed by atoms with Gasteiger partial charge < -0.3 is 25.4 Å². The lowest BCUT2D eigenvalue weighted by Crippen LogP contribution is -2.28. The van der Waals surface area contributed by atoms with Gasteiger partial charge in [-0.05, 0) is 19.4 Å². The van der Waals surface area contributed by atoms with Gasteiger partial charge in [-0.3, -0.25) is 9.36 Å². The van der Waals surface area contributed by atoms with Crippen LogP contribution in [-0.2, 0) is 6.54 Å². The zero-order valence-electron chi connectivity index (χ0n) is 17.0. The summed E-state index contributed by atoms with van der Waals surface area (Å²) in [6, 6.07) is 3.39. The summed E-state index contributed by atoms with van der Waals surface area (Å²) in [4.78, 5) is 21.4. The van der Waals surface area contributed by atoms with E-state index < -0.39 is 29.3 Å². The average molecular weight is 473 g/mol. The Hall–Kier alpha value is -2.86. The molecule has 9 nitrogen and oxygen atoms in total. The van der Waals surface area contributed by atoms with Crippen molar-refractivity contribution in [2.75, 3.05) is 18.5 Å². The predicted octanol–water partition coefficient (Wildman–Crippen LogP) is 1.82. The summed E-state index contributed by atoms with van der Waals surface area (Å²) in [5.41, 5.74) is -0.487. The van der Waals surface area contributed by atoms with E-state index in [1.807, 2.05) is 0 Å². The molecule has 0 aliphatic carbocycles. The quantitative estimate of drug-likeness (QED) is 0.371. The first-order valence-electron chi connectivity index (χ1n) is 9.51. The first kappa shape index (κ1) is 25.4. The van der Waals surface area contributed by atoms with Crippen LogP contribution in [-0.4, -0.2) is 55.2 Å². The van der Waals surface area contributed by atoms with Crippen LogP contribution in [0, 0.1) is 11.6 Å². The maximum Gasteiger partial charge on any atom is 0.295 e. The third kappa shape index (κ3) is 6.10. The SMILES string of the molecule is C[C@H](O)Cn1c(=O)c(Oc2cc(F)cc(F)c2)cc2cnc(N[C@H](CO)CCO)nc21.Cl. The van der Waals surface area contributed by atoms with Crippen molar-refractivity contribution in [2.24, 2.45) is 0 Å². The Bertz CT molecular complexity index is 1110. The minimum Gasteiger partial charge on any atom is -0.451 e. The van der Waals surface area contributed by atoms with Crippen LogP contribution in [0.4, 0.5) is 14.7 Å². The van der Waals surface area contributed by atoms with Gasteiger partial charge in [-0.1, -0.05) is 0 Å². The summed E-state index contributed by atoms with van der Waals surface area (Å²) in [6.45, 7) is 0.942. The van der Waals surface area contributed by atoms with Crippen LogP contribution < -0.4 is 15.6 Å². The smallest absolute Gasteiger partial charge is 0.295 e. The molecule has 0 aliphatic heterocycles. The summed E-state index contributed by atoms with van der Waals surface area (Å²) in [5.74, 6) is -2.04. The number of halogens is 3. The lowest BCUT2D eigenvalue weighted by atomic mass is 10.2. The number of aromatic nitrogens is 3. The van der Waals surface area contributed by atoms with Crippen LogP contribution in [0.15, 0.2) is 35.3 Å². The van der Waals surface area contributed by atoms with Gasteiger partial charge in [0.1, 0.15) is 23.0 Å². The van der Waals surface area contributed by atoms with Crippen LogP contribution in [0.5, 0.6) is 11.5 Å². The normalized spacial score (nSPS) is 12.8. The van der Waals surface area contributed by atoms with E-state index >= 15 is 0 Å². The van der Waals surface area contributed by atoms with Crippen molar-refractivity contribution in [3.63, 3.8) is 0 Å². The highest BCUT2D eigenvalue weighted by Gasteiger charge is 2.17. The molecule has 4 N–H and O–H groups in total. The fourth-order valence-electron chi connectivity index (χ4n) is 2.97. The Kier molecular flexibility index (Phi) is 8.84. The zero-order valence-corrected chi connectivity index (χ0v) is 17.9. The third-order valence-electron chi connectivity index (χ3n) is 4.34. The average Bonchev–Trinajstić information content (AvgIpc) is 2.70. The van der Waals surface area contributed by atoms with Gasteiger partial charge in [0.25, 0.3) is 5.56 Å². The molecule has 0 bridgehead atoms. The summed E-state index contributed by atoms with van der Waals surface area (Å²) in [5, 5.41) is 31.5. The van der Waals surface area contributed by atoms with Crippen molar-refractivity contribution >= 4 is 29.4 Å². The Morgan fingerprint density at radius 2 is 1.88 bits per heavy atom. The number of hydrogen-bond donors (Lipinski definition) is 4. The lowest BCUT2D eigenvalue weighted by molar-refractivity contribution is 0.173. The number of fused-ring (bicyclic) bond motifs is 1. The molecule has 32 heavy (non-hydrogen) atoms. The van der Waals surface area contributed by atoms with Gasteiger partial charge in [0, 0.05) is 36.4 Å². The number of aliphatic hydroxyl groups excluding tert-OH is 3. The second-order valence-corrected chi connectivity index (χ2v) is 6.99. The molecule has 0 amide bonds. The van der Waals surface area contributed by atoms with Gasteiger partial charge >= 0.3 is 0 Å². The van der Waals surface area contributed by atoms with E-state index in [-0.39, 0.29) is 61.7 Å². The van der Waals surface area contributed by atoms with E-state index in [0.717, 1.165) is 16.7 Å². The van der Waals surface area contributed by atoms with Crippen LogP contribution >= 0.6 is 12.4 Å². The maximum absolute atomic E-state index is 13.5. The number of hydrogen-bond acceptors (Lipinski definition) is 8. The van der Waals surface area contributed by atoms with E-state index in [0.29, 0.717) is 11.5 Å². The van der Waals surface area contributed by atoms with Crippen LogP contribution in [0.25, 0.3) is 11.0 Å². The highest BCUT2D eigenvalue weighted by Crippen LogP contribution is 2.24. The van der Waals surface area contributed by atoms with Crippen LogP contribution in [0.1, 0.15) is 13.3 Å². The molecular weight excluding hydrogens is 450 g/mol. The first-order chi connectivity index (χ1) is 14.8. The number of benzene rings is 1. The molecule has 1 aromatic carbocycles. The van der Waals surface area contributed by atoms with Crippen molar-refractivity contribution in [1.82, 2.24) is 14.5 Å². The second-order valence-electron chi connectivity index (χ2n) is 6.99. The largest absolute Gasteiger partial charge is 0.451 e. The topological polar surface area (TPSA) is 130 Å². The first-order valence-corrected chi connectivity index (χ1v) is 9.51. The standard InChI is InChI=1S/C20H22F2N4O5.ClH/c1-11(29)9-26-18-12(8-23-20(25-18)24-15(10-28)2-3-27)4-17(19(26)30)31-16-6-13(21)5-14(22)7-16;/h4-8,11,15,27-29H,2-3,9-10H2,1H3,(H,23,24,25);1H/t11-,15-;/m0./s1. The molecule has 0 fully saturated rings. The Labute approximate surface area is 187 Å². The number of aliphatic hydroxyl groups is 3. The molecule has 0 aliphatic rings. The second kappa shape index (κ2) is 11.1. The van der Waals surface area contributed by atoms with Gasteiger partial charge in [0.2, 0.25) is 5.95 Å². The predicted molar refractivity (Wildman–Crippen MR) is 115 cm³/mol. The fraction of sp³-hybridized carbons (Fsp3) is 0.350. The molecule has 3 rings (SSSR count). The van der Waals surface area contributed by atoms with Crippen molar-refractivity contribution in [1.29, 1.82) is 0 Å². The summed E-state index contributed by atoms with van der Waals surface area (Å²) in [7, 11) is 0. The Balaban J connectivity index is 0.00000363. The Morgan fingerprint density at radius 1 is 1.19 bits per heavy atom. The molecule has 0 spiro atoms. The van der Waals surface area contributed by atoms with E-state index in [9.17, 15) is 23.8 Å². The number of pyridine rings is 1. The maximum atomic E-state index is 13.5. The van der Waals surface area contributed by atoms with Crippen LogP contribution in [0.2, 0.25) is 0 Å². The highest BCUT2D eigenvalue weighted by atomic mass is 35.5. The Morgan fingerprint density at radius 3 is 2.47 bits per heavy atom. The molecule has 2 aromatic heterocycles. The van der Waals surface area contributed by atoms with Crippen molar-refractivity contribution in [3.05, 3.63) is 52.5 Å². The molecule has 0 unspecified atom stereocenters. The fourth-order valence-corrected chi connectivity index (χ4v) is 2.97. The molecule has 174 valence electrons. The van der Waals surface area contributed by atoms with E-state index in [1.54, 1.807) is 0 Å².